The maximum absolute atomic E-state index is 6.05. The molecule has 0 atom stereocenters. The Morgan fingerprint density at radius 1 is 0.327 bits per heavy atom. The van der Waals surface area contributed by atoms with Crippen LogP contribution in [0.2, 0.25) is 0 Å². The lowest BCUT2D eigenvalue weighted by molar-refractivity contribution is 0.669. The standard InChI is InChI=1S/C46H28N2O/c1-3-13-39-36(10-1)37-11-2-4-14-40(37)46-45(39)47-28-42(48-46)32-22-20-30(21-23-32)29-16-18-31(19-17-29)33-8-7-9-34(26-33)35-24-25-44-41(27-35)38-12-5-6-15-43(38)49-44/h1-28H. The van der Waals surface area contributed by atoms with Gasteiger partial charge in [0.2, 0.25) is 0 Å². The topological polar surface area (TPSA) is 38.9 Å². The van der Waals surface area contributed by atoms with E-state index in [1.807, 2.05) is 18.3 Å². The van der Waals surface area contributed by atoms with Crippen molar-refractivity contribution in [2.45, 2.75) is 0 Å². The third kappa shape index (κ3) is 4.59. The first kappa shape index (κ1) is 27.5. The van der Waals surface area contributed by atoms with E-state index in [2.05, 4.69) is 152 Å². The summed E-state index contributed by atoms with van der Waals surface area (Å²) in [5, 5.41) is 6.95. The first-order valence-corrected chi connectivity index (χ1v) is 16.6. The molecule has 0 bridgehead atoms. The highest BCUT2D eigenvalue weighted by atomic mass is 16.3. The van der Waals surface area contributed by atoms with Crippen LogP contribution in [-0.4, -0.2) is 9.97 Å². The first-order chi connectivity index (χ1) is 24.3. The minimum atomic E-state index is 0.870. The Morgan fingerprint density at radius 2 is 0.816 bits per heavy atom. The summed E-state index contributed by atoms with van der Waals surface area (Å²) in [6.45, 7) is 0. The molecule has 0 N–H and O–H groups in total. The highest BCUT2D eigenvalue weighted by Crippen LogP contribution is 2.36. The van der Waals surface area contributed by atoms with Crippen molar-refractivity contribution in [1.29, 1.82) is 0 Å². The van der Waals surface area contributed by atoms with Gasteiger partial charge in [0.15, 0.2) is 0 Å². The number of benzene rings is 8. The van der Waals surface area contributed by atoms with Crippen molar-refractivity contribution >= 4 is 54.5 Å². The van der Waals surface area contributed by atoms with E-state index < -0.39 is 0 Å². The summed E-state index contributed by atoms with van der Waals surface area (Å²) in [5.41, 5.74) is 12.7. The Labute approximate surface area is 282 Å². The molecule has 2 heterocycles. The second-order valence-corrected chi connectivity index (χ2v) is 12.6. The Kier molecular flexibility index (Phi) is 6.18. The van der Waals surface area contributed by atoms with E-state index in [0.29, 0.717) is 0 Å². The van der Waals surface area contributed by atoms with Crippen LogP contribution < -0.4 is 0 Å². The molecule has 2 aromatic heterocycles. The molecule has 0 aliphatic rings. The van der Waals surface area contributed by atoms with Gasteiger partial charge in [-0.05, 0) is 68.4 Å². The summed E-state index contributed by atoms with van der Waals surface area (Å²) in [7, 11) is 0. The zero-order chi connectivity index (χ0) is 32.3. The van der Waals surface area contributed by atoms with E-state index in [1.165, 1.54) is 38.6 Å². The molecule has 8 aromatic carbocycles. The molecule has 0 spiro atoms. The number of para-hydroxylation sites is 1. The zero-order valence-corrected chi connectivity index (χ0v) is 26.5. The van der Waals surface area contributed by atoms with Crippen LogP contribution in [0.25, 0.3) is 99.2 Å². The van der Waals surface area contributed by atoms with Gasteiger partial charge < -0.3 is 4.42 Å². The summed E-state index contributed by atoms with van der Waals surface area (Å²) >= 11 is 0. The van der Waals surface area contributed by atoms with Crippen molar-refractivity contribution in [3.8, 4) is 44.6 Å². The molecule has 49 heavy (non-hydrogen) atoms. The van der Waals surface area contributed by atoms with E-state index >= 15 is 0 Å². The van der Waals surface area contributed by atoms with Crippen LogP contribution in [0, 0.1) is 0 Å². The molecule has 0 unspecified atom stereocenters. The van der Waals surface area contributed by atoms with Crippen molar-refractivity contribution in [3.05, 3.63) is 170 Å². The molecule has 0 amide bonds. The predicted molar refractivity (Wildman–Crippen MR) is 204 cm³/mol. The largest absolute Gasteiger partial charge is 0.456 e. The fourth-order valence-corrected chi connectivity index (χ4v) is 7.23. The van der Waals surface area contributed by atoms with Crippen LogP contribution in [0.4, 0.5) is 0 Å². The fraction of sp³-hybridized carbons (Fsp3) is 0. The van der Waals surface area contributed by atoms with Crippen LogP contribution in [0.5, 0.6) is 0 Å². The molecule has 3 nitrogen and oxygen atoms in total. The van der Waals surface area contributed by atoms with Gasteiger partial charge in [0.1, 0.15) is 11.2 Å². The van der Waals surface area contributed by atoms with Crippen LogP contribution in [0.15, 0.2) is 174 Å². The number of hydrogen-bond acceptors (Lipinski definition) is 3. The lowest BCUT2D eigenvalue weighted by Crippen LogP contribution is -1.92. The zero-order valence-electron chi connectivity index (χ0n) is 26.5. The van der Waals surface area contributed by atoms with Crippen LogP contribution in [0.1, 0.15) is 0 Å². The predicted octanol–water partition coefficient (Wildman–Crippen LogP) is 12.5. The van der Waals surface area contributed by atoms with E-state index in [-0.39, 0.29) is 0 Å². The van der Waals surface area contributed by atoms with Crippen molar-refractivity contribution in [2.75, 3.05) is 0 Å². The van der Waals surface area contributed by atoms with Crippen LogP contribution >= 0.6 is 0 Å². The molecule has 0 fully saturated rings. The first-order valence-electron chi connectivity index (χ1n) is 16.6. The van der Waals surface area contributed by atoms with E-state index in [1.54, 1.807) is 0 Å². The third-order valence-corrected chi connectivity index (χ3v) is 9.73. The van der Waals surface area contributed by atoms with Gasteiger partial charge in [-0.15, -0.1) is 0 Å². The minimum absolute atomic E-state index is 0.870. The number of nitrogens with zero attached hydrogens (tertiary/aromatic N) is 2. The van der Waals surface area contributed by atoms with Crippen molar-refractivity contribution in [1.82, 2.24) is 9.97 Å². The van der Waals surface area contributed by atoms with Gasteiger partial charge in [-0.3, -0.25) is 4.98 Å². The lowest BCUT2D eigenvalue weighted by atomic mass is 9.96. The Morgan fingerprint density at radius 3 is 1.51 bits per heavy atom. The molecule has 0 aliphatic heterocycles. The smallest absolute Gasteiger partial charge is 0.135 e. The highest BCUT2D eigenvalue weighted by Gasteiger charge is 2.13. The number of fused-ring (bicyclic) bond motifs is 9. The monoisotopic (exact) mass is 624 g/mol. The van der Waals surface area contributed by atoms with Crippen molar-refractivity contribution < 1.29 is 4.42 Å². The van der Waals surface area contributed by atoms with E-state index in [0.717, 1.165) is 60.6 Å². The average molecular weight is 625 g/mol. The second kappa shape index (κ2) is 11.0. The van der Waals surface area contributed by atoms with Gasteiger partial charge in [0.05, 0.1) is 22.9 Å². The van der Waals surface area contributed by atoms with Gasteiger partial charge >= 0.3 is 0 Å². The van der Waals surface area contributed by atoms with Gasteiger partial charge in [-0.1, -0.05) is 140 Å². The second-order valence-electron chi connectivity index (χ2n) is 12.6. The van der Waals surface area contributed by atoms with Gasteiger partial charge in [0, 0.05) is 27.1 Å². The van der Waals surface area contributed by atoms with Crippen LogP contribution in [0.3, 0.4) is 0 Å². The number of rotatable bonds is 4. The molecule has 0 aliphatic carbocycles. The van der Waals surface area contributed by atoms with Crippen LogP contribution in [-0.2, 0) is 0 Å². The summed E-state index contributed by atoms with van der Waals surface area (Å²) < 4.78 is 6.05. The molecular weight excluding hydrogens is 597 g/mol. The molecule has 228 valence electrons. The molecule has 0 saturated carbocycles. The molecule has 0 radical (unpaired) electrons. The molecule has 0 saturated heterocycles. The van der Waals surface area contributed by atoms with Gasteiger partial charge in [-0.25, -0.2) is 4.98 Å². The fourth-order valence-electron chi connectivity index (χ4n) is 7.23. The molecule has 10 rings (SSSR count). The summed E-state index contributed by atoms with van der Waals surface area (Å²) in [5.74, 6) is 0. The van der Waals surface area contributed by atoms with E-state index in [4.69, 9.17) is 14.4 Å². The Balaban J connectivity index is 0.943. The lowest BCUT2D eigenvalue weighted by Gasteiger charge is -2.11. The minimum Gasteiger partial charge on any atom is -0.456 e. The maximum Gasteiger partial charge on any atom is 0.135 e. The normalized spacial score (nSPS) is 11.7. The average Bonchev–Trinajstić information content (AvgIpc) is 3.56. The molecule has 10 aromatic rings. The Bertz CT molecular complexity index is 2830. The maximum atomic E-state index is 6.05. The number of furan rings is 1. The number of hydrogen-bond donors (Lipinski definition) is 0. The van der Waals surface area contributed by atoms with Crippen molar-refractivity contribution in [2.24, 2.45) is 0 Å². The highest BCUT2D eigenvalue weighted by molar-refractivity contribution is 6.23. The SMILES string of the molecule is c1cc(-c2ccc(-c3ccc(-c4cnc5c6ccccc6c6ccccc6c5n4)cc3)cc2)cc(-c2ccc3oc4ccccc4c3c2)c1. The molecular formula is C46H28N2O. The third-order valence-electron chi connectivity index (χ3n) is 9.73. The summed E-state index contributed by atoms with van der Waals surface area (Å²) in [6, 6.07) is 57.8. The number of aromatic nitrogens is 2. The van der Waals surface area contributed by atoms with E-state index in [9.17, 15) is 0 Å². The van der Waals surface area contributed by atoms with Gasteiger partial charge in [0.25, 0.3) is 0 Å². The van der Waals surface area contributed by atoms with Gasteiger partial charge in [-0.2, -0.15) is 0 Å². The van der Waals surface area contributed by atoms with Crippen molar-refractivity contribution in [3.63, 3.8) is 0 Å². The molecule has 3 heteroatoms. The summed E-state index contributed by atoms with van der Waals surface area (Å²) in [6.07, 6.45) is 1.90. The summed E-state index contributed by atoms with van der Waals surface area (Å²) in [4.78, 5) is 10.1. The Hall–Kier alpha value is -6.58. The quantitative estimate of drug-likeness (QED) is 0.183.